The summed E-state index contributed by atoms with van der Waals surface area (Å²) >= 11 is 0. The second-order valence-electron chi connectivity index (χ2n) is 4.24. The zero-order chi connectivity index (χ0) is 9.16. The van der Waals surface area contributed by atoms with Gasteiger partial charge in [0.15, 0.2) is 0 Å². The first-order valence-electron chi connectivity index (χ1n) is 4.70. The van der Waals surface area contributed by atoms with E-state index in [1.807, 2.05) is 0 Å². The van der Waals surface area contributed by atoms with Gasteiger partial charge in [0, 0.05) is 7.05 Å². The van der Waals surface area contributed by atoms with Crippen molar-refractivity contribution >= 4 is 11.8 Å². The lowest BCUT2D eigenvalue weighted by molar-refractivity contribution is -0.138. The zero-order valence-electron chi connectivity index (χ0n) is 7.43. The van der Waals surface area contributed by atoms with E-state index in [0.29, 0.717) is 11.8 Å². The van der Waals surface area contributed by atoms with Gasteiger partial charge in [0.05, 0.1) is 11.8 Å². The number of hydrogen-bond acceptors (Lipinski definition) is 2. The average Bonchev–Trinajstić information content (AvgIpc) is 2.76. The number of carbonyl (C=O) groups is 2. The van der Waals surface area contributed by atoms with Gasteiger partial charge in [0.25, 0.3) is 0 Å². The number of fused-ring (bicyclic) bond motifs is 5. The Morgan fingerprint density at radius 3 is 2.08 bits per heavy atom. The number of hydrogen-bond donors (Lipinski definition) is 0. The number of amides is 2. The molecule has 3 unspecified atom stereocenters. The van der Waals surface area contributed by atoms with Gasteiger partial charge in [-0.1, -0.05) is 12.2 Å². The number of imide groups is 1. The second-order valence-corrected chi connectivity index (χ2v) is 4.24. The Hall–Kier alpha value is -1.12. The summed E-state index contributed by atoms with van der Waals surface area (Å²) in [6.45, 7) is 0. The Bertz CT molecular complexity index is 304. The number of nitrogens with zero attached hydrogens (tertiary/aromatic N) is 1. The van der Waals surface area contributed by atoms with Crippen molar-refractivity contribution in [2.45, 2.75) is 6.42 Å². The third-order valence-corrected chi connectivity index (χ3v) is 3.69. The first kappa shape index (κ1) is 7.30. The lowest BCUT2D eigenvalue weighted by Gasteiger charge is -2.14. The highest BCUT2D eigenvalue weighted by molar-refractivity contribution is 6.06. The van der Waals surface area contributed by atoms with Crippen molar-refractivity contribution < 1.29 is 9.59 Å². The van der Waals surface area contributed by atoms with Crippen LogP contribution in [0.1, 0.15) is 6.42 Å². The Labute approximate surface area is 76.4 Å². The summed E-state index contributed by atoms with van der Waals surface area (Å²) in [6, 6.07) is 0. The molecule has 1 heterocycles. The summed E-state index contributed by atoms with van der Waals surface area (Å²) in [5, 5.41) is 0. The minimum absolute atomic E-state index is 0.0208. The molecule has 0 radical (unpaired) electrons. The van der Waals surface area contributed by atoms with E-state index in [1.54, 1.807) is 7.05 Å². The lowest BCUT2D eigenvalue weighted by atomic mass is 9.85. The first-order chi connectivity index (χ1) is 6.20. The SMILES string of the molecule is CN1C(=O)C2C3C=C[C@@H](C3)C2C1=O. The highest BCUT2D eigenvalue weighted by Crippen LogP contribution is 2.52. The molecular weight excluding hydrogens is 166 g/mol. The van der Waals surface area contributed by atoms with Crippen LogP contribution in [0, 0.1) is 23.7 Å². The minimum Gasteiger partial charge on any atom is -0.285 e. The number of likely N-dealkylation sites (tertiary alicyclic amines) is 1. The Balaban J connectivity index is 2.08. The minimum atomic E-state index is -0.0208. The highest BCUT2D eigenvalue weighted by atomic mass is 16.2. The summed E-state index contributed by atoms with van der Waals surface area (Å²) in [5.41, 5.74) is 0. The van der Waals surface area contributed by atoms with Gasteiger partial charge in [-0.25, -0.2) is 0 Å². The number of carbonyl (C=O) groups excluding carboxylic acids is 2. The fourth-order valence-corrected chi connectivity index (χ4v) is 3.05. The molecule has 0 aromatic carbocycles. The molecule has 1 saturated carbocycles. The summed E-state index contributed by atoms with van der Waals surface area (Å²) in [4.78, 5) is 24.6. The van der Waals surface area contributed by atoms with Crippen LogP contribution >= 0.6 is 0 Å². The number of rotatable bonds is 0. The van der Waals surface area contributed by atoms with E-state index in [-0.39, 0.29) is 23.7 Å². The van der Waals surface area contributed by atoms with Gasteiger partial charge in [-0.15, -0.1) is 0 Å². The molecule has 3 nitrogen and oxygen atoms in total. The molecule has 0 aromatic rings. The van der Waals surface area contributed by atoms with Gasteiger partial charge >= 0.3 is 0 Å². The van der Waals surface area contributed by atoms with Crippen LogP contribution in [0.25, 0.3) is 0 Å². The van der Waals surface area contributed by atoms with E-state index in [2.05, 4.69) is 12.2 Å². The van der Waals surface area contributed by atoms with E-state index >= 15 is 0 Å². The van der Waals surface area contributed by atoms with E-state index in [0.717, 1.165) is 6.42 Å². The fraction of sp³-hybridized carbons (Fsp3) is 0.600. The van der Waals surface area contributed by atoms with Crippen molar-refractivity contribution in [2.75, 3.05) is 7.05 Å². The van der Waals surface area contributed by atoms with Crippen LogP contribution in [0.2, 0.25) is 0 Å². The van der Waals surface area contributed by atoms with Crippen LogP contribution in [0.15, 0.2) is 12.2 Å². The molecule has 2 bridgehead atoms. The maximum atomic E-state index is 11.7. The van der Waals surface area contributed by atoms with E-state index < -0.39 is 0 Å². The third-order valence-electron chi connectivity index (χ3n) is 3.69. The zero-order valence-corrected chi connectivity index (χ0v) is 7.43. The van der Waals surface area contributed by atoms with Crippen molar-refractivity contribution in [3.63, 3.8) is 0 Å². The van der Waals surface area contributed by atoms with Crippen LogP contribution in [-0.2, 0) is 9.59 Å². The lowest BCUT2D eigenvalue weighted by Crippen LogP contribution is -2.28. The van der Waals surface area contributed by atoms with Crippen molar-refractivity contribution in [2.24, 2.45) is 23.7 Å². The molecule has 2 amide bonds. The smallest absolute Gasteiger partial charge is 0.233 e. The molecule has 68 valence electrons. The molecule has 0 aromatic heterocycles. The van der Waals surface area contributed by atoms with E-state index in [9.17, 15) is 9.59 Å². The Morgan fingerprint density at radius 2 is 1.62 bits per heavy atom. The van der Waals surface area contributed by atoms with Crippen LogP contribution in [-0.4, -0.2) is 23.8 Å². The van der Waals surface area contributed by atoms with Gasteiger partial charge in [-0.2, -0.15) is 0 Å². The van der Waals surface area contributed by atoms with Crippen molar-refractivity contribution in [1.82, 2.24) is 4.90 Å². The number of allylic oxidation sites excluding steroid dienone is 2. The maximum Gasteiger partial charge on any atom is 0.233 e. The standard InChI is InChI=1S/C10H11NO2/c1-11-9(12)7-5-2-3-6(4-5)8(7)10(11)13/h2-3,5-8H,4H2,1H3/t5-,6?,7?,8?/m0/s1. The molecule has 0 N–H and O–H groups in total. The molecule has 1 saturated heterocycles. The maximum absolute atomic E-state index is 11.7. The van der Waals surface area contributed by atoms with Crippen LogP contribution in [0.3, 0.4) is 0 Å². The molecule has 2 fully saturated rings. The molecule has 3 aliphatic rings. The van der Waals surface area contributed by atoms with Gasteiger partial charge in [-0.05, 0) is 18.3 Å². The molecule has 1 aliphatic heterocycles. The van der Waals surface area contributed by atoms with Crippen LogP contribution < -0.4 is 0 Å². The van der Waals surface area contributed by atoms with Crippen molar-refractivity contribution in [3.8, 4) is 0 Å². The normalized spacial score (nSPS) is 46.4. The molecule has 2 aliphatic carbocycles. The topological polar surface area (TPSA) is 37.4 Å². The van der Waals surface area contributed by atoms with Gasteiger partial charge < -0.3 is 0 Å². The molecule has 0 spiro atoms. The van der Waals surface area contributed by atoms with E-state index in [4.69, 9.17) is 0 Å². The monoisotopic (exact) mass is 177 g/mol. The predicted octanol–water partition coefficient (Wildman–Crippen LogP) is 0.423. The molecule has 3 heteroatoms. The fourth-order valence-electron chi connectivity index (χ4n) is 3.05. The molecule has 3 rings (SSSR count). The molecule has 4 atom stereocenters. The summed E-state index contributed by atoms with van der Waals surface area (Å²) < 4.78 is 0. The second kappa shape index (κ2) is 2.03. The van der Waals surface area contributed by atoms with Crippen molar-refractivity contribution in [3.05, 3.63) is 12.2 Å². The average molecular weight is 177 g/mol. The van der Waals surface area contributed by atoms with Crippen LogP contribution in [0.5, 0.6) is 0 Å². The third kappa shape index (κ3) is 0.666. The largest absolute Gasteiger partial charge is 0.285 e. The van der Waals surface area contributed by atoms with Crippen LogP contribution in [0.4, 0.5) is 0 Å². The summed E-state index contributed by atoms with van der Waals surface area (Å²) in [5.74, 6) is 0.714. The van der Waals surface area contributed by atoms with Gasteiger partial charge in [0.2, 0.25) is 11.8 Å². The Morgan fingerprint density at radius 1 is 1.15 bits per heavy atom. The summed E-state index contributed by atoms with van der Waals surface area (Å²) in [7, 11) is 1.60. The predicted molar refractivity (Wildman–Crippen MR) is 45.5 cm³/mol. The Kier molecular flexibility index (Phi) is 1.14. The first-order valence-corrected chi connectivity index (χ1v) is 4.70. The van der Waals surface area contributed by atoms with E-state index in [1.165, 1.54) is 4.90 Å². The molecular formula is C10H11NO2. The quantitative estimate of drug-likeness (QED) is 0.397. The van der Waals surface area contributed by atoms with Crippen molar-refractivity contribution in [1.29, 1.82) is 0 Å². The highest BCUT2D eigenvalue weighted by Gasteiger charge is 2.58. The van der Waals surface area contributed by atoms with Gasteiger partial charge in [-0.3, -0.25) is 14.5 Å². The van der Waals surface area contributed by atoms with Gasteiger partial charge in [0.1, 0.15) is 0 Å². The molecule has 13 heavy (non-hydrogen) atoms. The summed E-state index contributed by atoms with van der Waals surface area (Å²) in [6.07, 6.45) is 5.23.